The fraction of sp³-hybridized carbons (Fsp3) is 1.00. The van der Waals surface area contributed by atoms with Crippen LogP contribution >= 0.6 is 0 Å². The molecule has 0 atom stereocenters. The molecule has 24 heavy (non-hydrogen) atoms. The molecular weight excluding hydrogens is 296 g/mol. The van der Waals surface area contributed by atoms with E-state index < -0.39 is 0 Å². The lowest BCUT2D eigenvalue weighted by molar-refractivity contribution is 0.0101. The largest absolute Gasteiger partial charge is 0.329 e. The van der Waals surface area contributed by atoms with Gasteiger partial charge in [0.05, 0.1) is 0 Å². The van der Waals surface area contributed by atoms with Crippen LogP contribution in [0.2, 0.25) is 0 Å². The number of rotatable bonds is 3. The summed E-state index contributed by atoms with van der Waals surface area (Å²) in [6, 6.07) is 0. The van der Waals surface area contributed by atoms with E-state index in [-0.39, 0.29) is 27.7 Å². The second-order valence-corrected chi connectivity index (χ2v) is 11.3. The van der Waals surface area contributed by atoms with Gasteiger partial charge in [0.25, 0.3) is 0 Å². The molecule has 2 rings (SSSR count). The first-order valence-corrected chi connectivity index (χ1v) is 9.68. The molecule has 0 aromatic rings. The maximum absolute atomic E-state index is 7.15. The Kier molecular flexibility index (Phi) is 4.99. The zero-order valence-corrected chi connectivity index (χ0v) is 17.3. The van der Waals surface area contributed by atoms with E-state index in [1.807, 2.05) is 0 Å². The number of nitrogens with one attached hydrogen (secondary N) is 2. The van der Waals surface area contributed by atoms with E-state index >= 15 is 0 Å². The lowest BCUT2D eigenvalue weighted by atomic mass is 9.59. The smallest absolute Gasteiger partial charge is 0.0338 e. The molecule has 6 N–H and O–H groups in total. The minimum Gasteiger partial charge on any atom is -0.329 e. The molecule has 142 valence electrons. The molecule has 0 aromatic heterocycles. The lowest BCUT2D eigenvalue weighted by Crippen LogP contribution is -2.70. The quantitative estimate of drug-likeness (QED) is 0.638. The SMILES string of the molecule is CC1(C)CC(C(N)(CN)C2CC(C)(C)NC(C)(C)C2)CC(C)(C)N1. The molecule has 0 amide bonds. The van der Waals surface area contributed by atoms with Crippen LogP contribution in [0.15, 0.2) is 0 Å². The van der Waals surface area contributed by atoms with Crippen LogP contribution < -0.4 is 22.1 Å². The highest BCUT2D eigenvalue weighted by molar-refractivity contribution is 5.11. The Morgan fingerprint density at radius 1 is 0.708 bits per heavy atom. The van der Waals surface area contributed by atoms with Gasteiger partial charge < -0.3 is 22.1 Å². The standard InChI is InChI=1S/C20H42N4/c1-16(2)9-14(10-17(3,4)23-16)20(22,13-21)15-11-18(5,6)24-19(7,8)12-15/h14-15,23-24H,9-13,21-22H2,1-8H3. The summed E-state index contributed by atoms with van der Waals surface area (Å²) in [5.41, 5.74) is 13.6. The molecule has 2 fully saturated rings. The van der Waals surface area contributed by atoms with Crippen LogP contribution in [0.25, 0.3) is 0 Å². The van der Waals surface area contributed by atoms with Crippen LogP contribution in [0.3, 0.4) is 0 Å². The fourth-order valence-electron chi connectivity index (χ4n) is 6.07. The van der Waals surface area contributed by atoms with Crippen LogP contribution in [0.1, 0.15) is 81.1 Å². The highest BCUT2D eigenvalue weighted by Gasteiger charge is 2.52. The summed E-state index contributed by atoms with van der Waals surface area (Å²) in [6.07, 6.45) is 4.37. The average molecular weight is 339 g/mol. The Balaban J connectivity index is 2.33. The monoisotopic (exact) mass is 338 g/mol. The van der Waals surface area contributed by atoms with Crippen molar-refractivity contribution in [2.24, 2.45) is 23.3 Å². The zero-order valence-electron chi connectivity index (χ0n) is 17.3. The molecule has 2 aliphatic rings. The van der Waals surface area contributed by atoms with Crippen molar-refractivity contribution in [2.75, 3.05) is 6.54 Å². The van der Waals surface area contributed by atoms with Crippen LogP contribution in [-0.4, -0.2) is 34.2 Å². The van der Waals surface area contributed by atoms with Crippen LogP contribution in [-0.2, 0) is 0 Å². The second-order valence-electron chi connectivity index (χ2n) is 11.3. The Bertz CT molecular complexity index is 394. The molecule has 0 spiro atoms. The summed E-state index contributed by atoms with van der Waals surface area (Å²) in [6.45, 7) is 19.0. The van der Waals surface area contributed by atoms with E-state index in [0.29, 0.717) is 18.4 Å². The maximum Gasteiger partial charge on any atom is 0.0338 e. The maximum atomic E-state index is 7.15. The van der Waals surface area contributed by atoms with Crippen LogP contribution in [0, 0.1) is 11.8 Å². The van der Waals surface area contributed by atoms with Crippen molar-refractivity contribution in [1.29, 1.82) is 0 Å². The summed E-state index contributed by atoms with van der Waals surface area (Å²) in [7, 11) is 0. The van der Waals surface area contributed by atoms with Gasteiger partial charge in [0.15, 0.2) is 0 Å². The van der Waals surface area contributed by atoms with E-state index in [0.717, 1.165) is 25.7 Å². The van der Waals surface area contributed by atoms with Crippen molar-refractivity contribution in [2.45, 2.75) is 109 Å². The van der Waals surface area contributed by atoms with Crippen molar-refractivity contribution >= 4 is 0 Å². The third kappa shape index (κ3) is 4.32. The normalized spacial score (nSPS) is 30.2. The van der Waals surface area contributed by atoms with Gasteiger partial charge in [0.2, 0.25) is 0 Å². The van der Waals surface area contributed by atoms with Crippen molar-refractivity contribution in [3.8, 4) is 0 Å². The summed E-state index contributed by atoms with van der Waals surface area (Å²) >= 11 is 0. The molecule has 2 aliphatic heterocycles. The molecule has 0 saturated carbocycles. The van der Waals surface area contributed by atoms with Gasteiger partial charge in [-0.05, 0) is 92.9 Å². The zero-order chi connectivity index (χ0) is 18.6. The van der Waals surface area contributed by atoms with E-state index in [1.54, 1.807) is 0 Å². The summed E-state index contributed by atoms with van der Waals surface area (Å²) in [4.78, 5) is 0. The molecule has 0 aliphatic carbocycles. The molecule has 2 heterocycles. The first-order chi connectivity index (χ1) is 10.6. The molecule has 0 unspecified atom stereocenters. The van der Waals surface area contributed by atoms with E-state index in [4.69, 9.17) is 11.5 Å². The molecule has 2 saturated heterocycles. The summed E-state index contributed by atoms with van der Waals surface area (Å²) in [5, 5.41) is 7.57. The minimum absolute atomic E-state index is 0.101. The third-order valence-electron chi connectivity index (χ3n) is 6.25. The van der Waals surface area contributed by atoms with Gasteiger partial charge in [-0.25, -0.2) is 0 Å². The minimum atomic E-state index is -0.298. The predicted molar refractivity (Wildman–Crippen MR) is 104 cm³/mol. The number of hydrogen-bond donors (Lipinski definition) is 4. The van der Waals surface area contributed by atoms with Crippen molar-refractivity contribution < 1.29 is 0 Å². The van der Waals surface area contributed by atoms with Crippen molar-refractivity contribution in [3.63, 3.8) is 0 Å². The van der Waals surface area contributed by atoms with Gasteiger partial charge in [-0.15, -0.1) is 0 Å². The molecule has 0 radical (unpaired) electrons. The number of nitrogens with two attached hydrogens (primary N) is 2. The molecule has 4 heteroatoms. The Labute approximate surface area is 149 Å². The van der Waals surface area contributed by atoms with Gasteiger partial charge in [-0.2, -0.15) is 0 Å². The number of hydrogen-bond acceptors (Lipinski definition) is 4. The van der Waals surface area contributed by atoms with Gasteiger partial charge in [-0.3, -0.25) is 0 Å². The second kappa shape index (κ2) is 5.94. The van der Waals surface area contributed by atoms with Gasteiger partial charge in [0, 0.05) is 34.2 Å². The average Bonchev–Trinajstić information content (AvgIpc) is 2.29. The topological polar surface area (TPSA) is 76.1 Å². The van der Waals surface area contributed by atoms with Crippen LogP contribution in [0.5, 0.6) is 0 Å². The molecule has 4 nitrogen and oxygen atoms in total. The van der Waals surface area contributed by atoms with Crippen molar-refractivity contribution in [3.05, 3.63) is 0 Å². The van der Waals surface area contributed by atoms with Gasteiger partial charge >= 0.3 is 0 Å². The molecule has 0 aromatic carbocycles. The van der Waals surface area contributed by atoms with E-state index in [9.17, 15) is 0 Å². The Morgan fingerprint density at radius 2 is 0.958 bits per heavy atom. The van der Waals surface area contributed by atoms with E-state index in [2.05, 4.69) is 66.0 Å². The van der Waals surface area contributed by atoms with Crippen LogP contribution in [0.4, 0.5) is 0 Å². The highest BCUT2D eigenvalue weighted by Crippen LogP contribution is 2.46. The van der Waals surface area contributed by atoms with Gasteiger partial charge in [-0.1, -0.05) is 0 Å². The van der Waals surface area contributed by atoms with E-state index in [1.165, 1.54) is 0 Å². The fourth-order valence-corrected chi connectivity index (χ4v) is 6.07. The van der Waals surface area contributed by atoms with Crippen molar-refractivity contribution in [1.82, 2.24) is 10.6 Å². The first kappa shape index (κ1) is 20.2. The molecule has 0 bridgehead atoms. The lowest BCUT2D eigenvalue weighted by Gasteiger charge is -2.57. The Hall–Kier alpha value is -0.160. The predicted octanol–water partition coefficient (Wildman–Crippen LogP) is 2.76. The molecular formula is C20H42N4. The summed E-state index contributed by atoms with van der Waals surface area (Å²) in [5.74, 6) is 0.895. The summed E-state index contributed by atoms with van der Waals surface area (Å²) < 4.78 is 0. The first-order valence-electron chi connectivity index (χ1n) is 9.68. The Morgan fingerprint density at radius 3 is 1.17 bits per heavy atom. The third-order valence-corrected chi connectivity index (χ3v) is 6.25. The number of piperidine rings is 2. The van der Waals surface area contributed by atoms with Gasteiger partial charge in [0.1, 0.15) is 0 Å². The highest BCUT2D eigenvalue weighted by atomic mass is 15.1.